The average Bonchev–Trinajstić information content (AvgIpc) is 2.26. The van der Waals surface area contributed by atoms with Gasteiger partial charge in [0.15, 0.2) is 0 Å². The minimum absolute atomic E-state index is 1.10. The van der Waals surface area contributed by atoms with Gasteiger partial charge in [-0.2, -0.15) is 0 Å². The largest absolute Gasteiger partial charge is 0.0984 e. The predicted octanol–water partition coefficient (Wildman–Crippen LogP) is 4.02. The second-order valence-corrected chi connectivity index (χ2v) is 3.59. The van der Waals surface area contributed by atoms with Crippen LogP contribution in [0.5, 0.6) is 0 Å². The van der Waals surface area contributed by atoms with Gasteiger partial charge in [-0.05, 0) is 41.5 Å². The third-order valence-electron chi connectivity index (χ3n) is 2.79. The highest BCUT2D eigenvalue weighted by Gasteiger charge is 2.04. The number of rotatable bonds is 4. The lowest BCUT2D eigenvalue weighted by atomic mass is 9.94. The molecule has 14 heavy (non-hydrogen) atoms. The second-order valence-electron chi connectivity index (χ2n) is 3.59. The van der Waals surface area contributed by atoms with E-state index >= 15 is 0 Å². The van der Waals surface area contributed by atoms with E-state index < -0.39 is 0 Å². The molecule has 0 atom stereocenters. The molecule has 0 nitrogen and oxygen atoms in total. The van der Waals surface area contributed by atoms with Gasteiger partial charge in [0.1, 0.15) is 0 Å². The van der Waals surface area contributed by atoms with Crippen molar-refractivity contribution in [1.82, 2.24) is 0 Å². The van der Waals surface area contributed by atoms with Gasteiger partial charge >= 0.3 is 0 Å². The van der Waals surface area contributed by atoms with Crippen LogP contribution in [0.3, 0.4) is 0 Å². The van der Waals surface area contributed by atoms with E-state index in [4.69, 9.17) is 0 Å². The summed E-state index contributed by atoms with van der Waals surface area (Å²) >= 11 is 0. The summed E-state index contributed by atoms with van der Waals surface area (Å²) in [6.45, 7) is 10.5. The Morgan fingerprint density at radius 2 is 1.50 bits per heavy atom. The maximum Gasteiger partial charge on any atom is -0.0198 e. The SMILES string of the molecule is C=Cc1c(CC)cc(CC)cc1CC. The Bertz CT molecular complexity index is 296. The fourth-order valence-electron chi connectivity index (χ4n) is 1.90. The van der Waals surface area contributed by atoms with Crippen LogP contribution in [0.15, 0.2) is 18.7 Å². The standard InChI is InChI=1S/C14H20/c1-5-11-9-12(6-2)14(8-4)13(7-3)10-11/h8-10H,4-7H2,1-3H3. The van der Waals surface area contributed by atoms with Crippen LogP contribution in [-0.2, 0) is 19.3 Å². The lowest BCUT2D eigenvalue weighted by Gasteiger charge is -2.11. The lowest BCUT2D eigenvalue weighted by molar-refractivity contribution is 1.04. The van der Waals surface area contributed by atoms with Crippen LogP contribution in [0.25, 0.3) is 6.08 Å². The Hall–Kier alpha value is -1.04. The molecule has 0 unspecified atom stereocenters. The van der Waals surface area contributed by atoms with Crippen molar-refractivity contribution >= 4 is 6.08 Å². The molecule has 0 bridgehead atoms. The van der Waals surface area contributed by atoms with Gasteiger partial charge in [-0.3, -0.25) is 0 Å². The van der Waals surface area contributed by atoms with Crippen LogP contribution in [0.1, 0.15) is 43.0 Å². The van der Waals surface area contributed by atoms with Gasteiger partial charge in [0.2, 0.25) is 0 Å². The molecular weight excluding hydrogens is 168 g/mol. The van der Waals surface area contributed by atoms with E-state index in [0.29, 0.717) is 0 Å². The minimum atomic E-state index is 1.10. The van der Waals surface area contributed by atoms with Crippen molar-refractivity contribution < 1.29 is 0 Å². The molecule has 0 N–H and O–H groups in total. The zero-order valence-electron chi connectivity index (χ0n) is 9.56. The molecule has 0 aliphatic carbocycles. The van der Waals surface area contributed by atoms with Crippen LogP contribution in [-0.4, -0.2) is 0 Å². The molecule has 0 aliphatic heterocycles. The smallest absolute Gasteiger partial charge is 0.0198 e. The van der Waals surface area contributed by atoms with Crippen LogP contribution >= 0.6 is 0 Å². The molecule has 0 amide bonds. The molecule has 0 aromatic heterocycles. The fourth-order valence-corrected chi connectivity index (χ4v) is 1.90. The summed E-state index contributed by atoms with van der Waals surface area (Å²) in [6.07, 6.45) is 5.32. The highest BCUT2D eigenvalue weighted by atomic mass is 14.1. The number of benzene rings is 1. The monoisotopic (exact) mass is 188 g/mol. The molecule has 1 aromatic rings. The Labute approximate surface area is 87.7 Å². The summed E-state index contributed by atoms with van der Waals surface area (Å²) in [5.74, 6) is 0. The molecule has 0 radical (unpaired) electrons. The predicted molar refractivity (Wildman–Crippen MR) is 64.7 cm³/mol. The van der Waals surface area contributed by atoms with Gasteiger partial charge < -0.3 is 0 Å². The number of hydrogen-bond donors (Lipinski definition) is 0. The van der Waals surface area contributed by atoms with Gasteiger partial charge in [-0.25, -0.2) is 0 Å². The first-order valence-electron chi connectivity index (χ1n) is 5.53. The molecule has 0 spiro atoms. The summed E-state index contributed by atoms with van der Waals surface area (Å²) in [4.78, 5) is 0. The van der Waals surface area contributed by atoms with Crippen LogP contribution < -0.4 is 0 Å². The van der Waals surface area contributed by atoms with Crippen molar-refractivity contribution in [1.29, 1.82) is 0 Å². The number of aryl methyl sites for hydroxylation is 3. The molecule has 0 saturated heterocycles. The quantitative estimate of drug-likeness (QED) is 0.669. The van der Waals surface area contributed by atoms with E-state index in [1.807, 2.05) is 6.08 Å². The van der Waals surface area contributed by atoms with E-state index in [-0.39, 0.29) is 0 Å². The van der Waals surface area contributed by atoms with Crippen LogP contribution in [0.4, 0.5) is 0 Å². The second kappa shape index (κ2) is 4.99. The van der Waals surface area contributed by atoms with Crippen molar-refractivity contribution in [2.24, 2.45) is 0 Å². The first-order valence-corrected chi connectivity index (χ1v) is 5.53. The molecular formula is C14H20. The summed E-state index contributed by atoms with van der Waals surface area (Å²) < 4.78 is 0. The molecule has 0 heterocycles. The Morgan fingerprint density at radius 1 is 1.00 bits per heavy atom. The summed E-state index contributed by atoms with van der Waals surface area (Å²) in [6, 6.07) is 4.63. The summed E-state index contributed by atoms with van der Waals surface area (Å²) in [5, 5.41) is 0. The summed E-state index contributed by atoms with van der Waals surface area (Å²) in [7, 11) is 0. The van der Waals surface area contributed by atoms with E-state index in [9.17, 15) is 0 Å². The molecule has 76 valence electrons. The Morgan fingerprint density at radius 3 is 1.79 bits per heavy atom. The fraction of sp³-hybridized carbons (Fsp3) is 0.429. The molecule has 0 fully saturated rings. The Balaban J connectivity index is 3.31. The summed E-state index contributed by atoms with van der Waals surface area (Å²) in [5.41, 5.74) is 5.68. The van der Waals surface area contributed by atoms with Gasteiger partial charge in [0.25, 0.3) is 0 Å². The van der Waals surface area contributed by atoms with E-state index in [0.717, 1.165) is 19.3 Å². The van der Waals surface area contributed by atoms with Crippen molar-refractivity contribution in [2.75, 3.05) is 0 Å². The van der Waals surface area contributed by atoms with Crippen LogP contribution in [0, 0.1) is 0 Å². The van der Waals surface area contributed by atoms with Crippen molar-refractivity contribution in [2.45, 2.75) is 40.0 Å². The third kappa shape index (κ3) is 2.06. The average molecular weight is 188 g/mol. The highest BCUT2D eigenvalue weighted by molar-refractivity contribution is 5.58. The first-order chi connectivity index (χ1) is 6.76. The Kier molecular flexibility index (Phi) is 3.94. The zero-order chi connectivity index (χ0) is 10.6. The molecule has 1 rings (SSSR count). The third-order valence-corrected chi connectivity index (χ3v) is 2.79. The van der Waals surface area contributed by atoms with E-state index in [2.05, 4.69) is 39.5 Å². The van der Waals surface area contributed by atoms with Crippen LogP contribution in [0.2, 0.25) is 0 Å². The maximum absolute atomic E-state index is 3.90. The van der Waals surface area contributed by atoms with Crippen molar-refractivity contribution in [3.63, 3.8) is 0 Å². The number of hydrogen-bond acceptors (Lipinski definition) is 0. The molecule has 0 saturated carbocycles. The lowest BCUT2D eigenvalue weighted by Crippen LogP contribution is -1.96. The maximum atomic E-state index is 3.90. The van der Waals surface area contributed by atoms with E-state index in [1.54, 1.807) is 0 Å². The van der Waals surface area contributed by atoms with Crippen molar-refractivity contribution in [3.05, 3.63) is 41.0 Å². The van der Waals surface area contributed by atoms with Crippen molar-refractivity contribution in [3.8, 4) is 0 Å². The zero-order valence-corrected chi connectivity index (χ0v) is 9.56. The van der Waals surface area contributed by atoms with Gasteiger partial charge in [0.05, 0.1) is 0 Å². The highest BCUT2D eigenvalue weighted by Crippen LogP contribution is 2.20. The van der Waals surface area contributed by atoms with Gasteiger partial charge in [0, 0.05) is 0 Å². The normalized spacial score (nSPS) is 10.2. The molecule has 1 aromatic carbocycles. The topological polar surface area (TPSA) is 0 Å². The molecule has 0 aliphatic rings. The van der Waals surface area contributed by atoms with Gasteiger partial charge in [-0.15, -0.1) is 0 Å². The molecule has 0 heteroatoms. The first kappa shape index (κ1) is 11.0. The van der Waals surface area contributed by atoms with E-state index in [1.165, 1.54) is 22.3 Å². The minimum Gasteiger partial charge on any atom is -0.0984 e. The van der Waals surface area contributed by atoms with Gasteiger partial charge in [-0.1, -0.05) is 45.6 Å².